The summed E-state index contributed by atoms with van der Waals surface area (Å²) in [6.07, 6.45) is 0.960. The second-order valence-corrected chi connectivity index (χ2v) is 5.39. The van der Waals surface area contributed by atoms with Crippen LogP contribution < -0.4 is 5.32 Å². The van der Waals surface area contributed by atoms with Crippen molar-refractivity contribution < 1.29 is 4.39 Å². The van der Waals surface area contributed by atoms with E-state index in [2.05, 4.69) is 12.2 Å². The van der Waals surface area contributed by atoms with Crippen molar-refractivity contribution in [1.29, 1.82) is 0 Å². The SMILES string of the molecule is CCC(N[C@H](C)c1cccc(F)c1)c1ccc(Cl)cc1. The van der Waals surface area contributed by atoms with Crippen LogP contribution in [0.25, 0.3) is 0 Å². The first-order valence-electron chi connectivity index (χ1n) is 6.87. The van der Waals surface area contributed by atoms with Crippen LogP contribution in [0.15, 0.2) is 48.5 Å². The maximum Gasteiger partial charge on any atom is 0.123 e. The summed E-state index contributed by atoms with van der Waals surface area (Å²) in [4.78, 5) is 0. The Bertz CT molecular complexity index is 553. The zero-order chi connectivity index (χ0) is 14.5. The highest BCUT2D eigenvalue weighted by atomic mass is 35.5. The quantitative estimate of drug-likeness (QED) is 0.790. The lowest BCUT2D eigenvalue weighted by molar-refractivity contribution is 0.455. The summed E-state index contributed by atoms with van der Waals surface area (Å²) in [5, 5.41) is 4.27. The summed E-state index contributed by atoms with van der Waals surface area (Å²) in [5.41, 5.74) is 2.15. The summed E-state index contributed by atoms with van der Waals surface area (Å²) in [6.45, 7) is 4.18. The Balaban J connectivity index is 2.11. The van der Waals surface area contributed by atoms with E-state index >= 15 is 0 Å². The van der Waals surface area contributed by atoms with Gasteiger partial charge in [0, 0.05) is 17.1 Å². The standard InChI is InChI=1S/C17H19ClFN/c1-3-17(13-7-9-15(18)10-8-13)20-12(2)14-5-4-6-16(19)11-14/h4-12,17,20H,3H2,1-2H3/t12-,17?/m1/s1. The smallest absolute Gasteiger partial charge is 0.123 e. The maximum atomic E-state index is 13.3. The van der Waals surface area contributed by atoms with Gasteiger partial charge in [-0.05, 0) is 48.7 Å². The van der Waals surface area contributed by atoms with Gasteiger partial charge in [0.2, 0.25) is 0 Å². The molecule has 2 atom stereocenters. The molecule has 3 heteroatoms. The van der Waals surface area contributed by atoms with Crippen molar-refractivity contribution in [1.82, 2.24) is 5.32 Å². The summed E-state index contributed by atoms with van der Waals surface area (Å²) >= 11 is 5.92. The molecule has 0 fully saturated rings. The van der Waals surface area contributed by atoms with Crippen LogP contribution >= 0.6 is 11.6 Å². The second-order valence-electron chi connectivity index (χ2n) is 4.96. The van der Waals surface area contributed by atoms with Gasteiger partial charge in [-0.15, -0.1) is 0 Å². The van der Waals surface area contributed by atoms with Crippen LogP contribution in [0.3, 0.4) is 0 Å². The first-order chi connectivity index (χ1) is 9.60. The Kier molecular flexibility index (Phi) is 5.16. The molecule has 0 radical (unpaired) electrons. The molecule has 0 aliphatic heterocycles. The van der Waals surface area contributed by atoms with Crippen molar-refractivity contribution in [2.45, 2.75) is 32.4 Å². The fraction of sp³-hybridized carbons (Fsp3) is 0.294. The minimum Gasteiger partial charge on any atom is -0.303 e. The van der Waals surface area contributed by atoms with Crippen LogP contribution in [0.2, 0.25) is 5.02 Å². The van der Waals surface area contributed by atoms with Crippen molar-refractivity contribution in [3.8, 4) is 0 Å². The van der Waals surface area contributed by atoms with Gasteiger partial charge < -0.3 is 5.32 Å². The third-order valence-corrected chi connectivity index (χ3v) is 3.73. The lowest BCUT2D eigenvalue weighted by Gasteiger charge is -2.23. The van der Waals surface area contributed by atoms with Crippen molar-refractivity contribution >= 4 is 11.6 Å². The van der Waals surface area contributed by atoms with Gasteiger partial charge in [-0.25, -0.2) is 4.39 Å². The van der Waals surface area contributed by atoms with Crippen LogP contribution in [0.1, 0.15) is 43.5 Å². The Morgan fingerprint density at radius 2 is 1.80 bits per heavy atom. The summed E-state index contributed by atoms with van der Waals surface area (Å²) < 4.78 is 13.3. The van der Waals surface area contributed by atoms with E-state index in [0.717, 1.165) is 17.0 Å². The molecule has 0 aliphatic carbocycles. The molecule has 2 aromatic rings. The predicted molar refractivity (Wildman–Crippen MR) is 82.4 cm³/mol. The van der Waals surface area contributed by atoms with Gasteiger partial charge in [-0.2, -0.15) is 0 Å². The molecular formula is C17H19ClFN. The fourth-order valence-corrected chi connectivity index (χ4v) is 2.44. The summed E-state index contributed by atoms with van der Waals surface area (Å²) in [6, 6.07) is 14.9. The molecule has 0 spiro atoms. The molecule has 0 heterocycles. The number of nitrogens with one attached hydrogen (secondary N) is 1. The van der Waals surface area contributed by atoms with Crippen LogP contribution in [0.4, 0.5) is 4.39 Å². The Hall–Kier alpha value is -1.38. The average molecular weight is 292 g/mol. The topological polar surface area (TPSA) is 12.0 Å². The average Bonchev–Trinajstić information content (AvgIpc) is 2.45. The molecule has 0 aromatic heterocycles. The highest BCUT2D eigenvalue weighted by molar-refractivity contribution is 6.30. The van der Waals surface area contributed by atoms with E-state index in [1.165, 1.54) is 11.6 Å². The normalized spacial score (nSPS) is 14.0. The molecule has 0 amide bonds. The highest BCUT2D eigenvalue weighted by Crippen LogP contribution is 2.23. The molecule has 1 N–H and O–H groups in total. The van der Waals surface area contributed by atoms with E-state index in [0.29, 0.717) is 0 Å². The fourth-order valence-electron chi connectivity index (χ4n) is 2.32. The number of hydrogen-bond donors (Lipinski definition) is 1. The van der Waals surface area contributed by atoms with E-state index < -0.39 is 0 Å². The van der Waals surface area contributed by atoms with Crippen molar-refractivity contribution in [3.05, 3.63) is 70.5 Å². The summed E-state index contributed by atoms with van der Waals surface area (Å²) in [7, 11) is 0. The molecule has 1 unspecified atom stereocenters. The van der Waals surface area contributed by atoms with Gasteiger partial charge in [0.1, 0.15) is 5.82 Å². The molecule has 106 valence electrons. The monoisotopic (exact) mass is 291 g/mol. The third kappa shape index (κ3) is 3.81. The highest BCUT2D eigenvalue weighted by Gasteiger charge is 2.14. The van der Waals surface area contributed by atoms with E-state index in [1.54, 1.807) is 12.1 Å². The molecule has 20 heavy (non-hydrogen) atoms. The number of rotatable bonds is 5. The van der Waals surface area contributed by atoms with E-state index in [9.17, 15) is 4.39 Å². The maximum absolute atomic E-state index is 13.3. The van der Waals surface area contributed by atoms with Crippen LogP contribution in [-0.2, 0) is 0 Å². The van der Waals surface area contributed by atoms with Gasteiger partial charge in [0.25, 0.3) is 0 Å². The van der Waals surface area contributed by atoms with Gasteiger partial charge in [-0.3, -0.25) is 0 Å². The second kappa shape index (κ2) is 6.87. The van der Waals surface area contributed by atoms with Crippen LogP contribution in [0, 0.1) is 5.82 Å². The Morgan fingerprint density at radius 1 is 1.10 bits per heavy atom. The van der Waals surface area contributed by atoms with E-state index in [1.807, 2.05) is 37.3 Å². The summed E-state index contributed by atoms with van der Waals surface area (Å²) in [5.74, 6) is -0.198. The van der Waals surface area contributed by atoms with Gasteiger partial charge in [0.05, 0.1) is 0 Å². The van der Waals surface area contributed by atoms with Gasteiger partial charge in [-0.1, -0.05) is 42.8 Å². The van der Waals surface area contributed by atoms with E-state index in [-0.39, 0.29) is 17.9 Å². The first-order valence-corrected chi connectivity index (χ1v) is 7.25. The molecule has 2 aromatic carbocycles. The third-order valence-electron chi connectivity index (χ3n) is 3.48. The first kappa shape index (κ1) is 15.0. The zero-order valence-electron chi connectivity index (χ0n) is 11.7. The Morgan fingerprint density at radius 3 is 2.40 bits per heavy atom. The molecule has 2 rings (SSSR count). The van der Waals surface area contributed by atoms with Crippen molar-refractivity contribution in [3.63, 3.8) is 0 Å². The minimum atomic E-state index is -0.198. The lowest BCUT2D eigenvalue weighted by Crippen LogP contribution is -2.24. The van der Waals surface area contributed by atoms with Crippen LogP contribution in [0.5, 0.6) is 0 Å². The predicted octanol–water partition coefficient (Wildman–Crippen LogP) is 5.28. The zero-order valence-corrected chi connectivity index (χ0v) is 12.5. The Labute approximate surface area is 124 Å². The minimum absolute atomic E-state index is 0.0892. The molecule has 0 saturated heterocycles. The largest absolute Gasteiger partial charge is 0.303 e. The van der Waals surface area contributed by atoms with Crippen molar-refractivity contribution in [2.24, 2.45) is 0 Å². The molecule has 1 nitrogen and oxygen atoms in total. The lowest BCUT2D eigenvalue weighted by atomic mass is 10.0. The number of hydrogen-bond acceptors (Lipinski definition) is 1. The van der Waals surface area contributed by atoms with Gasteiger partial charge in [0.15, 0.2) is 0 Å². The van der Waals surface area contributed by atoms with Crippen LogP contribution in [-0.4, -0.2) is 0 Å². The molecule has 0 bridgehead atoms. The van der Waals surface area contributed by atoms with Crippen molar-refractivity contribution in [2.75, 3.05) is 0 Å². The molecule has 0 saturated carbocycles. The number of halogens is 2. The number of benzene rings is 2. The molecule has 0 aliphatic rings. The van der Waals surface area contributed by atoms with Gasteiger partial charge >= 0.3 is 0 Å². The molecular weight excluding hydrogens is 273 g/mol. The van der Waals surface area contributed by atoms with E-state index in [4.69, 9.17) is 11.6 Å².